The Morgan fingerprint density at radius 2 is 1.33 bits per heavy atom. The molecule has 2 heteroatoms. The van der Waals surface area contributed by atoms with E-state index in [1.807, 2.05) is 0 Å². The summed E-state index contributed by atoms with van der Waals surface area (Å²) in [6.45, 7) is 3.05. The maximum Gasteiger partial charge on any atom is 0.00428 e. The Labute approximate surface area is 137 Å². The fourth-order valence-corrected chi connectivity index (χ4v) is 3.10. The molecule has 0 saturated carbocycles. The highest BCUT2D eigenvalue weighted by Gasteiger charge is 1.99. The van der Waals surface area contributed by atoms with E-state index >= 15 is 0 Å². The maximum absolute atomic E-state index is 5.49. The molecule has 1 nitrogen and oxygen atoms in total. The quantitative estimate of drug-likeness (QED) is 0.377. The summed E-state index contributed by atoms with van der Waals surface area (Å²) in [5, 5.41) is 0. The number of unbranched alkanes of at least 4 members (excludes halogenated alkanes) is 9. The van der Waals surface area contributed by atoms with Gasteiger partial charge in [-0.05, 0) is 56.0 Å². The number of nitrogens with two attached hydrogens (primary N) is 1. The molecular weight excluding hydrogens is 274 g/mol. The molecule has 0 atom stereocenters. The van der Waals surface area contributed by atoms with Crippen molar-refractivity contribution in [1.82, 2.24) is 0 Å². The number of aryl methyl sites for hydroxylation is 2. The molecule has 0 saturated heterocycles. The van der Waals surface area contributed by atoms with E-state index in [9.17, 15) is 0 Å². The molecule has 0 bridgehead atoms. The number of rotatable bonds is 12. The molecule has 1 rings (SSSR count). The van der Waals surface area contributed by atoms with E-state index < -0.39 is 0 Å². The molecule has 0 fully saturated rings. The first-order chi connectivity index (χ1) is 10.2. The van der Waals surface area contributed by atoms with Gasteiger partial charge >= 0.3 is 0 Å². The predicted octanol–water partition coefficient (Wildman–Crippen LogP) is 5.69. The topological polar surface area (TPSA) is 26.0 Å². The minimum absolute atomic E-state index is 0.857. The molecule has 0 radical (unpaired) electrons. The summed E-state index contributed by atoms with van der Waals surface area (Å²) in [4.78, 5) is 1.07. The Kier molecular flexibility index (Phi) is 10.7. The Bertz CT molecular complexity index is 376. The third-order valence-electron chi connectivity index (χ3n) is 4.23. The van der Waals surface area contributed by atoms with Crippen LogP contribution in [0.3, 0.4) is 0 Å². The highest BCUT2D eigenvalue weighted by molar-refractivity contribution is 7.80. The van der Waals surface area contributed by atoms with Crippen LogP contribution in [0, 0.1) is 6.92 Å². The Balaban J connectivity index is 1.93. The van der Waals surface area contributed by atoms with Crippen LogP contribution in [0.15, 0.2) is 23.1 Å². The molecule has 0 unspecified atom stereocenters. The monoisotopic (exact) mass is 307 g/mol. The zero-order valence-electron chi connectivity index (χ0n) is 13.7. The molecule has 1 aromatic carbocycles. The van der Waals surface area contributed by atoms with Crippen LogP contribution >= 0.6 is 12.6 Å². The van der Waals surface area contributed by atoms with E-state index in [-0.39, 0.29) is 0 Å². The van der Waals surface area contributed by atoms with Crippen molar-refractivity contribution in [2.75, 3.05) is 6.54 Å². The van der Waals surface area contributed by atoms with Crippen LogP contribution in [-0.4, -0.2) is 6.54 Å². The largest absolute Gasteiger partial charge is 0.330 e. The van der Waals surface area contributed by atoms with Crippen molar-refractivity contribution in [2.24, 2.45) is 5.73 Å². The van der Waals surface area contributed by atoms with Crippen LogP contribution in [0.1, 0.15) is 75.3 Å². The summed E-state index contributed by atoms with van der Waals surface area (Å²) in [6.07, 6.45) is 14.8. The number of hydrogen-bond donors (Lipinski definition) is 2. The Hall–Kier alpha value is -0.470. The van der Waals surface area contributed by atoms with E-state index in [0.29, 0.717) is 0 Å². The lowest BCUT2D eigenvalue weighted by Gasteiger charge is -2.06. The van der Waals surface area contributed by atoms with Crippen molar-refractivity contribution in [2.45, 2.75) is 82.4 Å². The molecule has 120 valence electrons. The molecule has 0 aliphatic rings. The highest BCUT2D eigenvalue weighted by atomic mass is 32.1. The normalized spacial score (nSPS) is 11.0. The lowest BCUT2D eigenvalue weighted by Crippen LogP contribution is -1.97. The predicted molar refractivity (Wildman–Crippen MR) is 97.4 cm³/mol. The summed E-state index contributed by atoms with van der Waals surface area (Å²) < 4.78 is 0. The highest BCUT2D eigenvalue weighted by Crippen LogP contribution is 2.17. The minimum atomic E-state index is 0.857. The molecule has 0 aliphatic carbocycles. The lowest BCUT2D eigenvalue weighted by molar-refractivity contribution is 0.552. The zero-order chi connectivity index (χ0) is 15.3. The van der Waals surface area contributed by atoms with Gasteiger partial charge in [-0.1, -0.05) is 57.4 Å². The van der Waals surface area contributed by atoms with Crippen molar-refractivity contribution in [3.05, 3.63) is 29.3 Å². The second kappa shape index (κ2) is 12.1. The fourth-order valence-electron chi connectivity index (χ4n) is 2.83. The van der Waals surface area contributed by atoms with Crippen LogP contribution in [0.25, 0.3) is 0 Å². The first kappa shape index (κ1) is 18.6. The lowest BCUT2D eigenvalue weighted by atomic mass is 10.0. The van der Waals surface area contributed by atoms with Crippen LogP contribution < -0.4 is 5.73 Å². The van der Waals surface area contributed by atoms with Gasteiger partial charge in [-0.3, -0.25) is 0 Å². The molecule has 0 aromatic heterocycles. The van der Waals surface area contributed by atoms with E-state index in [1.54, 1.807) is 0 Å². The Morgan fingerprint density at radius 3 is 1.86 bits per heavy atom. The first-order valence-electron chi connectivity index (χ1n) is 8.72. The standard InChI is InChI=1S/C19H33NS/c1-17-16-19(21)14-13-18(17)12-10-8-6-4-2-3-5-7-9-11-15-20/h13-14,16,21H,2-12,15,20H2,1H3. The van der Waals surface area contributed by atoms with Crippen LogP contribution in [0.4, 0.5) is 0 Å². The SMILES string of the molecule is Cc1cc(S)ccc1CCCCCCCCCCCCN. The molecule has 21 heavy (non-hydrogen) atoms. The van der Waals surface area contributed by atoms with Gasteiger partial charge < -0.3 is 5.73 Å². The smallest absolute Gasteiger partial charge is 0.00428 e. The summed E-state index contributed by atoms with van der Waals surface area (Å²) in [5.41, 5.74) is 8.37. The van der Waals surface area contributed by atoms with Gasteiger partial charge in [-0.2, -0.15) is 0 Å². The van der Waals surface area contributed by atoms with Gasteiger partial charge in [0.2, 0.25) is 0 Å². The van der Waals surface area contributed by atoms with Gasteiger partial charge in [0.1, 0.15) is 0 Å². The molecule has 2 N–H and O–H groups in total. The van der Waals surface area contributed by atoms with Gasteiger partial charge in [0.25, 0.3) is 0 Å². The van der Waals surface area contributed by atoms with Gasteiger partial charge in [0.15, 0.2) is 0 Å². The molecule has 0 amide bonds. The zero-order valence-corrected chi connectivity index (χ0v) is 14.6. The van der Waals surface area contributed by atoms with Crippen LogP contribution in [-0.2, 0) is 6.42 Å². The van der Waals surface area contributed by atoms with Crippen LogP contribution in [0.2, 0.25) is 0 Å². The average molecular weight is 308 g/mol. The van der Waals surface area contributed by atoms with Gasteiger partial charge in [0.05, 0.1) is 0 Å². The van der Waals surface area contributed by atoms with Crippen molar-refractivity contribution in [3.8, 4) is 0 Å². The number of thiol groups is 1. The summed E-state index contributed by atoms with van der Waals surface area (Å²) in [6, 6.07) is 6.51. The minimum Gasteiger partial charge on any atom is -0.330 e. The van der Waals surface area contributed by atoms with Crippen molar-refractivity contribution in [3.63, 3.8) is 0 Å². The van der Waals surface area contributed by atoms with E-state index in [1.165, 1.54) is 81.8 Å². The second-order valence-corrected chi connectivity index (χ2v) is 6.70. The molecule has 0 spiro atoms. The number of hydrogen-bond acceptors (Lipinski definition) is 2. The van der Waals surface area contributed by atoms with Crippen molar-refractivity contribution < 1.29 is 0 Å². The van der Waals surface area contributed by atoms with Gasteiger partial charge in [0, 0.05) is 4.90 Å². The van der Waals surface area contributed by atoms with E-state index in [4.69, 9.17) is 5.73 Å². The Morgan fingerprint density at radius 1 is 0.810 bits per heavy atom. The van der Waals surface area contributed by atoms with Crippen LogP contribution in [0.5, 0.6) is 0 Å². The molecule has 0 aliphatic heterocycles. The van der Waals surface area contributed by atoms with Gasteiger partial charge in [-0.25, -0.2) is 0 Å². The molecule has 0 heterocycles. The summed E-state index contributed by atoms with van der Waals surface area (Å²) in [5.74, 6) is 0. The van der Waals surface area contributed by atoms with E-state index in [0.717, 1.165) is 11.4 Å². The van der Waals surface area contributed by atoms with Crippen molar-refractivity contribution in [1.29, 1.82) is 0 Å². The first-order valence-corrected chi connectivity index (χ1v) is 9.17. The summed E-state index contributed by atoms with van der Waals surface area (Å²) in [7, 11) is 0. The third-order valence-corrected chi connectivity index (χ3v) is 4.50. The number of benzene rings is 1. The van der Waals surface area contributed by atoms with Crippen molar-refractivity contribution >= 4 is 12.6 Å². The van der Waals surface area contributed by atoms with Gasteiger partial charge in [-0.15, -0.1) is 12.6 Å². The fraction of sp³-hybridized carbons (Fsp3) is 0.684. The molecular formula is C19H33NS. The maximum atomic E-state index is 5.49. The third kappa shape index (κ3) is 9.21. The van der Waals surface area contributed by atoms with E-state index in [2.05, 4.69) is 37.8 Å². The second-order valence-electron chi connectivity index (χ2n) is 6.18. The average Bonchev–Trinajstić information content (AvgIpc) is 2.46. The summed E-state index contributed by atoms with van der Waals surface area (Å²) >= 11 is 4.38. The molecule has 1 aromatic rings.